The zero-order chi connectivity index (χ0) is 21.1. The molecule has 2 heterocycles. The summed E-state index contributed by atoms with van der Waals surface area (Å²) in [5.41, 5.74) is 4.00. The maximum atomic E-state index is 8.57. The van der Waals surface area contributed by atoms with Crippen LogP contribution in [0.25, 0.3) is 0 Å². The third-order valence-corrected chi connectivity index (χ3v) is 5.14. The summed E-state index contributed by atoms with van der Waals surface area (Å²) in [6, 6.07) is 0. The number of ether oxygens (including phenoxy) is 1. The van der Waals surface area contributed by atoms with Gasteiger partial charge in [0.2, 0.25) is 0 Å². The predicted octanol–water partition coefficient (Wildman–Crippen LogP) is 1.47. The van der Waals surface area contributed by atoms with E-state index in [1.807, 2.05) is 13.1 Å². The Hall–Kier alpha value is -2.56. The van der Waals surface area contributed by atoms with Gasteiger partial charge in [-0.3, -0.25) is 5.41 Å². The summed E-state index contributed by atoms with van der Waals surface area (Å²) >= 11 is 0. The second-order valence-corrected chi connectivity index (χ2v) is 7.45. The Morgan fingerprint density at radius 2 is 2.21 bits per heavy atom. The third kappa shape index (κ3) is 7.08. The van der Waals surface area contributed by atoms with E-state index >= 15 is 0 Å². The Bertz CT molecular complexity index is 711. The molecule has 5 N–H and O–H groups in total. The molecule has 7 nitrogen and oxygen atoms in total. The average Bonchev–Trinajstić information content (AvgIpc) is 2.68. The van der Waals surface area contributed by atoms with Gasteiger partial charge in [-0.25, -0.2) is 0 Å². The average molecular weight is 399 g/mol. The van der Waals surface area contributed by atoms with E-state index in [2.05, 4.69) is 33.8 Å². The Labute approximate surface area is 174 Å². The topological polar surface area (TPSA) is 96.3 Å². The number of terminal acetylenes is 1. The van der Waals surface area contributed by atoms with Crippen LogP contribution in [-0.4, -0.2) is 70.4 Å². The van der Waals surface area contributed by atoms with E-state index < -0.39 is 0 Å². The zero-order valence-electron chi connectivity index (χ0n) is 17.6. The van der Waals surface area contributed by atoms with Gasteiger partial charge in [0.05, 0.1) is 13.2 Å². The first kappa shape index (κ1) is 22.7. The van der Waals surface area contributed by atoms with Crippen LogP contribution in [0, 0.1) is 29.1 Å². The summed E-state index contributed by atoms with van der Waals surface area (Å²) in [7, 11) is 3.90. The van der Waals surface area contributed by atoms with Crippen LogP contribution in [0.2, 0.25) is 0 Å². The molecule has 29 heavy (non-hydrogen) atoms. The Kier molecular flexibility index (Phi) is 9.48. The first-order valence-electron chi connectivity index (χ1n) is 10.1. The van der Waals surface area contributed by atoms with Gasteiger partial charge in [-0.05, 0) is 19.0 Å². The summed E-state index contributed by atoms with van der Waals surface area (Å²) in [6.07, 6.45) is 12.8. The van der Waals surface area contributed by atoms with Gasteiger partial charge in [-0.15, -0.1) is 12.3 Å². The molecular weight excluding hydrogens is 364 g/mol. The summed E-state index contributed by atoms with van der Waals surface area (Å²) in [5.74, 6) is 3.68. The van der Waals surface area contributed by atoms with E-state index in [9.17, 15) is 0 Å². The van der Waals surface area contributed by atoms with Crippen LogP contribution in [0.1, 0.15) is 19.3 Å². The summed E-state index contributed by atoms with van der Waals surface area (Å²) < 4.78 is 5.25. The minimum Gasteiger partial charge on any atom is -0.393 e. The fourth-order valence-electron chi connectivity index (χ4n) is 3.33. The smallest absolute Gasteiger partial charge is 0.124 e. The first-order chi connectivity index (χ1) is 14.1. The van der Waals surface area contributed by atoms with E-state index in [0.717, 1.165) is 56.0 Å². The zero-order valence-corrected chi connectivity index (χ0v) is 17.6. The molecule has 0 saturated carbocycles. The molecule has 1 fully saturated rings. The Balaban J connectivity index is 2.03. The number of hydrogen-bond acceptors (Lipinski definition) is 6. The number of nitrogens with zero attached hydrogens (tertiary/aromatic N) is 1. The van der Waals surface area contributed by atoms with Crippen LogP contribution in [0.3, 0.4) is 0 Å². The quantitative estimate of drug-likeness (QED) is 0.157. The van der Waals surface area contributed by atoms with Crippen LogP contribution in [0.5, 0.6) is 0 Å². The van der Waals surface area contributed by atoms with Gasteiger partial charge < -0.3 is 31.0 Å². The molecule has 0 radical (unpaired) electrons. The predicted molar refractivity (Wildman–Crippen MR) is 119 cm³/mol. The lowest BCUT2D eigenvalue weighted by Gasteiger charge is -2.32. The van der Waals surface area contributed by atoms with Crippen LogP contribution in [0.4, 0.5) is 0 Å². The molecule has 158 valence electrons. The maximum Gasteiger partial charge on any atom is 0.124 e. The largest absolute Gasteiger partial charge is 0.393 e. The molecule has 0 bridgehead atoms. The second-order valence-electron chi connectivity index (χ2n) is 7.45. The van der Waals surface area contributed by atoms with E-state index in [4.69, 9.17) is 22.0 Å². The number of allylic oxidation sites excluding steroid dienone is 2. The number of rotatable bonds is 11. The minimum absolute atomic E-state index is 0.449. The van der Waals surface area contributed by atoms with Crippen LogP contribution < -0.4 is 16.0 Å². The van der Waals surface area contributed by atoms with E-state index in [1.54, 1.807) is 6.20 Å². The van der Waals surface area contributed by atoms with Crippen molar-refractivity contribution in [3.05, 3.63) is 34.7 Å². The molecule has 2 aliphatic rings. The molecule has 7 heteroatoms. The minimum atomic E-state index is 0.449. The van der Waals surface area contributed by atoms with Gasteiger partial charge in [0.15, 0.2) is 0 Å². The summed E-state index contributed by atoms with van der Waals surface area (Å²) in [4.78, 5) is 2.24. The van der Waals surface area contributed by atoms with Crippen molar-refractivity contribution in [2.45, 2.75) is 19.3 Å². The fraction of sp³-hybridized carbons (Fsp3) is 0.545. The van der Waals surface area contributed by atoms with Crippen LogP contribution in [-0.2, 0) is 4.74 Å². The standard InChI is InChI=1S/C22H34N6O/c1-4-5-6-18(19(11-23)13-25-2)7-9-26-22(24)20-14-28(3)10-8-21(20)27-12-17-15-29-16-17/h1,7,11,13,17,23,25,27H,5-6,8-10,12,14-16H2,2-3H3,(H2,24,26)/b18-7+,19-13+,23-11?. The van der Waals surface area contributed by atoms with Gasteiger partial charge in [-0.1, -0.05) is 6.08 Å². The van der Waals surface area contributed by atoms with E-state index in [0.29, 0.717) is 31.1 Å². The number of nitrogens with one attached hydrogen (secondary N) is 5. The normalized spacial score (nSPS) is 18.7. The van der Waals surface area contributed by atoms with Crippen molar-refractivity contribution in [2.75, 3.05) is 53.5 Å². The highest BCUT2D eigenvalue weighted by atomic mass is 16.5. The van der Waals surface area contributed by atoms with Crippen molar-refractivity contribution in [1.82, 2.24) is 20.9 Å². The lowest BCUT2D eigenvalue weighted by atomic mass is 10.0. The molecule has 0 spiro atoms. The third-order valence-electron chi connectivity index (χ3n) is 5.14. The van der Waals surface area contributed by atoms with Crippen molar-refractivity contribution < 1.29 is 4.74 Å². The molecule has 0 aromatic heterocycles. The maximum absolute atomic E-state index is 8.57. The highest BCUT2D eigenvalue weighted by Gasteiger charge is 2.22. The first-order valence-corrected chi connectivity index (χ1v) is 10.1. The molecule has 0 aliphatic carbocycles. The highest BCUT2D eigenvalue weighted by Crippen LogP contribution is 2.17. The molecule has 0 aromatic carbocycles. The number of hydrogen-bond donors (Lipinski definition) is 5. The van der Waals surface area contributed by atoms with Gasteiger partial charge in [0.25, 0.3) is 0 Å². The molecular formula is C22H34N6O. The molecule has 0 atom stereocenters. The molecule has 2 rings (SSSR count). The highest BCUT2D eigenvalue weighted by molar-refractivity contribution is 5.97. The fourth-order valence-corrected chi connectivity index (χ4v) is 3.33. The van der Waals surface area contributed by atoms with Crippen molar-refractivity contribution in [2.24, 2.45) is 5.92 Å². The molecule has 0 amide bonds. The Morgan fingerprint density at radius 3 is 2.83 bits per heavy atom. The molecule has 0 unspecified atom stereocenters. The lowest BCUT2D eigenvalue weighted by molar-refractivity contribution is -0.0298. The number of likely N-dealkylation sites (N-methyl/N-ethyl adjacent to an activating group) is 1. The molecule has 1 saturated heterocycles. The van der Waals surface area contributed by atoms with Gasteiger partial charge >= 0.3 is 0 Å². The molecule has 2 aliphatic heterocycles. The van der Waals surface area contributed by atoms with Crippen LogP contribution in [0.15, 0.2) is 34.7 Å². The Morgan fingerprint density at radius 1 is 1.41 bits per heavy atom. The van der Waals surface area contributed by atoms with Crippen molar-refractivity contribution in [1.29, 1.82) is 10.8 Å². The monoisotopic (exact) mass is 398 g/mol. The summed E-state index contributed by atoms with van der Waals surface area (Å²) in [6.45, 7) is 4.83. The van der Waals surface area contributed by atoms with Crippen molar-refractivity contribution >= 4 is 12.1 Å². The lowest BCUT2D eigenvalue weighted by Crippen LogP contribution is -2.42. The summed E-state index contributed by atoms with van der Waals surface area (Å²) in [5, 5.41) is 26.0. The van der Waals surface area contributed by atoms with Crippen molar-refractivity contribution in [3.8, 4) is 12.3 Å². The van der Waals surface area contributed by atoms with Crippen LogP contribution >= 0.6 is 0 Å². The SMILES string of the molecule is C#CCCC(=C\CNC(=N)C1=C(NCC2COC2)CCN(C)C1)/C(C=N)=C/NC. The number of amidine groups is 1. The molecule has 0 aromatic rings. The van der Waals surface area contributed by atoms with Crippen molar-refractivity contribution in [3.63, 3.8) is 0 Å². The van der Waals surface area contributed by atoms with Gasteiger partial charge in [0.1, 0.15) is 5.84 Å². The van der Waals surface area contributed by atoms with Gasteiger partial charge in [-0.2, -0.15) is 0 Å². The van der Waals surface area contributed by atoms with E-state index in [-0.39, 0.29) is 0 Å². The second kappa shape index (κ2) is 12.1. The van der Waals surface area contributed by atoms with E-state index in [1.165, 1.54) is 11.9 Å². The van der Waals surface area contributed by atoms with Gasteiger partial charge in [0, 0.05) is 81.2 Å².